The fraction of sp³-hybridized carbons (Fsp3) is 0.438. The standard InChI is InChI=1S/C16H15F2N3O3/c1-9(22)20-7-11-8-21(15(23)24-11)10-5-12(17)14(13(18)6-10)16(19-2)3-4-16/h5-6,11H,3-4,7-8H2,1H3,(H,20,22)/t11-/m0/s1. The number of halogens is 2. The summed E-state index contributed by atoms with van der Waals surface area (Å²) in [4.78, 5) is 27.3. The minimum Gasteiger partial charge on any atom is -0.442 e. The second-order valence-electron chi connectivity index (χ2n) is 5.98. The van der Waals surface area contributed by atoms with Crippen LogP contribution >= 0.6 is 0 Å². The number of nitrogens with one attached hydrogen (secondary N) is 1. The van der Waals surface area contributed by atoms with Gasteiger partial charge in [-0.2, -0.15) is 0 Å². The van der Waals surface area contributed by atoms with Crippen molar-refractivity contribution in [1.82, 2.24) is 5.32 Å². The van der Waals surface area contributed by atoms with E-state index < -0.39 is 29.4 Å². The average molecular weight is 335 g/mol. The Morgan fingerprint density at radius 3 is 2.58 bits per heavy atom. The average Bonchev–Trinajstić information content (AvgIpc) is 3.20. The number of rotatable bonds is 4. The van der Waals surface area contributed by atoms with Crippen LogP contribution in [0.4, 0.5) is 19.3 Å². The van der Waals surface area contributed by atoms with Gasteiger partial charge in [0.2, 0.25) is 5.91 Å². The molecule has 126 valence electrons. The zero-order valence-corrected chi connectivity index (χ0v) is 12.9. The Morgan fingerprint density at radius 1 is 1.46 bits per heavy atom. The van der Waals surface area contributed by atoms with Gasteiger partial charge in [-0.15, -0.1) is 0 Å². The summed E-state index contributed by atoms with van der Waals surface area (Å²) in [5, 5.41) is 2.52. The Morgan fingerprint density at radius 2 is 2.08 bits per heavy atom. The van der Waals surface area contributed by atoms with Gasteiger partial charge in [0.25, 0.3) is 5.54 Å². The summed E-state index contributed by atoms with van der Waals surface area (Å²) in [7, 11) is 0. The maximum Gasteiger partial charge on any atom is 0.414 e. The number of ether oxygens (including phenoxy) is 1. The second-order valence-corrected chi connectivity index (χ2v) is 5.98. The highest BCUT2D eigenvalue weighted by atomic mass is 19.1. The van der Waals surface area contributed by atoms with Crippen molar-refractivity contribution >= 4 is 17.7 Å². The van der Waals surface area contributed by atoms with Crippen molar-refractivity contribution in [1.29, 1.82) is 0 Å². The first-order valence-electron chi connectivity index (χ1n) is 7.47. The third-order valence-electron chi connectivity index (χ3n) is 4.19. The van der Waals surface area contributed by atoms with Gasteiger partial charge in [-0.05, 0) is 12.1 Å². The van der Waals surface area contributed by atoms with Crippen LogP contribution in [0.15, 0.2) is 12.1 Å². The molecular weight excluding hydrogens is 320 g/mol. The van der Waals surface area contributed by atoms with Crippen molar-refractivity contribution in [2.45, 2.75) is 31.4 Å². The Kier molecular flexibility index (Phi) is 3.87. The summed E-state index contributed by atoms with van der Waals surface area (Å²) in [5.74, 6) is -1.94. The fourth-order valence-corrected chi connectivity index (χ4v) is 2.79. The maximum absolute atomic E-state index is 14.3. The summed E-state index contributed by atoms with van der Waals surface area (Å²) < 4.78 is 33.8. The van der Waals surface area contributed by atoms with Gasteiger partial charge in [-0.1, -0.05) is 0 Å². The first kappa shape index (κ1) is 16.2. The monoisotopic (exact) mass is 335 g/mol. The number of benzene rings is 1. The molecule has 0 bridgehead atoms. The van der Waals surface area contributed by atoms with Gasteiger partial charge >= 0.3 is 6.09 Å². The molecule has 1 aliphatic carbocycles. The van der Waals surface area contributed by atoms with Crippen molar-refractivity contribution in [2.24, 2.45) is 0 Å². The summed E-state index contributed by atoms with van der Waals surface area (Å²) in [6.07, 6.45) is -0.476. The molecule has 2 amide bonds. The molecule has 8 heteroatoms. The lowest BCUT2D eigenvalue weighted by Gasteiger charge is -2.15. The highest BCUT2D eigenvalue weighted by Gasteiger charge is 2.56. The first-order chi connectivity index (χ1) is 11.4. The van der Waals surface area contributed by atoms with Gasteiger partial charge < -0.3 is 14.9 Å². The summed E-state index contributed by atoms with van der Waals surface area (Å²) in [6, 6.07) is 2.09. The van der Waals surface area contributed by atoms with Crippen LogP contribution in [0, 0.1) is 18.2 Å². The van der Waals surface area contributed by atoms with Crippen molar-refractivity contribution < 1.29 is 23.1 Å². The molecule has 1 saturated heterocycles. The molecule has 2 aliphatic rings. The molecule has 0 spiro atoms. The van der Waals surface area contributed by atoms with E-state index in [0.717, 1.165) is 17.0 Å². The number of amides is 2. The Bertz CT molecular complexity index is 732. The summed E-state index contributed by atoms with van der Waals surface area (Å²) in [5.41, 5.74) is -1.31. The lowest BCUT2D eigenvalue weighted by Crippen LogP contribution is -2.33. The van der Waals surface area contributed by atoms with E-state index in [-0.39, 0.29) is 30.2 Å². The summed E-state index contributed by atoms with van der Waals surface area (Å²) >= 11 is 0. The zero-order chi connectivity index (χ0) is 17.5. The summed E-state index contributed by atoms with van der Waals surface area (Å²) in [6.45, 7) is 8.67. The molecule has 24 heavy (non-hydrogen) atoms. The van der Waals surface area contributed by atoms with Gasteiger partial charge in [0.1, 0.15) is 23.3 Å². The van der Waals surface area contributed by atoms with Crippen LogP contribution in [-0.4, -0.2) is 31.2 Å². The zero-order valence-electron chi connectivity index (χ0n) is 12.9. The number of hydrogen-bond acceptors (Lipinski definition) is 3. The highest BCUT2D eigenvalue weighted by Crippen LogP contribution is 2.51. The van der Waals surface area contributed by atoms with Gasteiger partial charge in [-0.25, -0.2) is 20.1 Å². The molecule has 1 aromatic carbocycles. The van der Waals surface area contributed by atoms with Crippen molar-refractivity contribution in [2.75, 3.05) is 18.0 Å². The van der Waals surface area contributed by atoms with E-state index >= 15 is 0 Å². The fourth-order valence-electron chi connectivity index (χ4n) is 2.79. The van der Waals surface area contributed by atoms with Crippen LogP contribution in [0.3, 0.4) is 0 Å². The smallest absolute Gasteiger partial charge is 0.414 e. The SMILES string of the molecule is [C-]#[N+]C1(c2c(F)cc(N3C[C@H](CNC(C)=O)OC3=O)cc2F)CC1. The van der Waals surface area contributed by atoms with E-state index in [0.29, 0.717) is 12.8 Å². The normalized spacial score (nSPS) is 21.2. The predicted molar refractivity (Wildman–Crippen MR) is 80.2 cm³/mol. The lowest BCUT2D eigenvalue weighted by atomic mass is 10.0. The Labute approximate surface area is 137 Å². The molecule has 0 unspecified atom stereocenters. The molecule has 1 aromatic rings. The molecule has 1 saturated carbocycles. The lowest BCUT2D eigenvalue weighted by molar-refractivity contribution is -0.119. The molecule has 1 N–H and O–H groups in total. The number of carbonyl (C=O) groups excluding carboxylic acids is 2. The Balaban J connectivity index is 1.82. The van der Waals surface area contributed by atoms with E-state index in [4.69, 9.17) is 11.3 Å². The van der Waals surface area contributed by atoms with Crippen LogP contribution < -0.4 is 10.2 Å². The Hall–Kier alpha value is -2.69. The maximum atomic E-state index is 14.3. The molecule has 2 fully saturated rings. The molecule has 3 rings (SSSR count). The molecular formula is C16H15F2N3O3. The number of carbonyl (C=O) groups is 2. The van der Waals surface area contributed by atoms with Gasteiger partial charge in [0, 0.05) is 19.8 Å². The molecule has 0 radical (unpaired) electrons. The van der Waals surface area contributed by atoms with Crippen LogP contribution in [0.2, 0.25) is 0 Å². The minimum atomic E-state index is -1.11. The van der Waals surface area contributed by atoms with Crippen molar-refractivity contribution in [3.05, 3.63) is 40.7 Å². The van der Waals surface area contributed by atoms with Gasteiger partial charge in [0.15, 0.2) is 0 Å². The van der Waals surface area contributed by atoms with E-state index in [2.05, 4.69) is 10.2 Å². The van der Waals surface area contributed by atoms with Crippen molar-refractivity contribution in [3.8, 4) is 0 Å². The molecule has 0 aromatic heterocycles. The number of cyclic esters (lactones) is 1. The van der Waals surface area contributed by atoms with E-state index in [1.165, 1.54) is 6.92 Å². The van der Waals surface area contributed by atoms with Crippen LogP contribution in [-0.2, 0) is 15.1 Å². The van der Waals surface area contributed by atoms with Gasteiger partial charge in [-0.3, -0.25) is 9.69 Å². The predicted octanol–water partition coefficient (Wildman–Crippen LogP) is 2.33. The molecule has 1 atom stereocenters. The highest BCUT2D eigenvalue weighted by molar-refractivity contribution is 5.90. The van der Waals surface area contributed by atoms with Crippen molar-refractivity contribution in [3.63, 3.8) is 0 Å². The third-order valence-corrected chi connectivity index (χ3v) is 4.19. The third kappa shape index (κ3) is 2.77. The molecule has 1 aliphatic heterocycles. The topological polar surface area (TPSA) is 63.0 Å². The van der Waals surface area contributed by atoms with E-state index in [9.17, 15) is 18.4 Å². The second kappa shape index (κ2) is 5.74. The quantitative estimate of drug-likeness (QED) is 0.859. The minimum absolute atomic E-state index is 0.0323. The largest absolute Gasteiger partial charge is 0.442 e. The molecule has 6 nitrogen and oxygen atoms in total. The van der Waals surface area contributed by atoms with Gasteiger partial charge in [0.05, 0.1) is 18.8 Å². The van der Waals surface area contributed by atoms with Crippen LogP contribution in [0.5, 0.6) is 0 Å². The van der Waals surface area contributed by atoms with E-state index in [1.54, 1.807) is 0 Å². The van der Waals surface area contributed by atoms with Crippen LogP contribution in [0.1, 0.15) is 25.3 Å². The molecule has 1 heterocycles. The first-order valence-corrected chi connectivity index (χ1v) is 7.47. The van der Waals surface area contributed by atoms with E-state index in [1.807, 2.05) is 0 Å². The number of hydrogen-bond donors (Lipinski definition) is 1. The number of nitrogens with zero attached hydrogens (tertiary/aromatic N) is 2. The van der Waals surface area contributed by atoms with Crippen LogP contribution in [0.25, 0.3) is 4.85 Å². The number of anilines is 1.